The molecule has 0 aliphatic carbocycles. The van der Waals surface area contributed by atoms with Gasteiger partial charge >= 0.3 is 0 Å². The molecule has 0 aliphatic heterocycles. The van der Waals surface area contributed by atoms with Crippen LogP contribution in [0.1, 0.15) is 12.5 Å². The highest BCUT2D eigenvalue weighted by molar-refractivity contribution is 5.42. The molecule has 0 fully saturated rings. The quantitative estimate of drug-likeness (QED) is 0.578. The monoisotopic (exact) mass is 137 g/mol. The lowest BCUT2D eigenvalue weighted by Crippen LogP contribution is -1.75. The Morgan fingerprint density at radius 2 is 1.90 bits per heavy atom. The Kier molecular flexibility index (Phi) is 1.81. The number of aromatic hydroxyl groups is 2. The summed E-state index contributed by atoms with van der Waals surface area (Å²) in [5, 5.41) is 17.8. The van der Waals surface area contributed by atoms with Crippen molar-refractivity contribution in [2.75, 3.05) is 0 Å². The van der Waals surface area contributed by atoms with Crippen LogP contribution in [0.2, 0.25) is 0 Å². The Morgan fingerprint density at radius 1 is 1.20 bits per heavy atom. The molecule has 1 rings (SSSR count). The molecule has 0 heterocycles. The first-order chi connectivity index (χ1) is 4.74. The second-order valence-corrected chi connectivity index (χ2v) is 2.04. The van der Waals surface area contributed by atoms with E-state index in [-0.39, 0.29) is 11.5 Å². The van der Waals surface area contributed by atoms with E-state index < -0.39 is 0 Å². The van der Waals surface area contributed by atoms with Crippen molar-refractivity contribution in [2.24, 2.45) is 0 Å². The van der Waals surface area contributed by atoms with E-state index in [9.17, 15) is 0 Å². The third kappa shape index (κ3) is 1.21. The fraction of sp³-hybridized carbons (Fsp3) is 0.125. The van der Waals surface area contributed by atoms with Crippen molar-refractivity contribution in [2.45, 2.75) is 6.92 Å². The molecule has 53 valence electrons. The first-order valence-corrected chi connectivity index (χ1v) is 3.05. The summed E-state index contributed by atoms with van der Waals surface area (Å²) >= 11 is 0. The Morgan fingerprint density at radius 3 is 2.40 bits per heavy atom. The van der Waals surface area contributed by atoms with Crippen LogP contribution < -0.4 is 0 Å². The normalized spacial score (nSPS) is 9.70. The highest BCUT2D eigenvalue weighted by Gasteiger charge is 1.97. The lowest BCUT2D eigenvalue weighted by atomic mass is 10.1. The molecule has 2 heteroatoms. The molecule has 0 unspecified atom stereocenters. The molecule has 0 bridgehead atoms. The van der Waals surface area contributed by atoms with E-state index in [2.05, 4.69) is 0 Å². The summed E-state index contributed by atoms with van der Waals surface area (Å²) in [6.07, 6.45) is 1.85. The Labute approximate surface area is 59.7 Å². The van der Waals surface area contributed by atoms with Crippen molar-refractivity contribution in [3.8, 4) is 11.5 Å². The number of phenols is 2. The SMILES string of the molecule is C[CH]c1ccc(O)c(O)c1. The summed E-state index contributed by atoms with van der Waals surface area (Å²) in [7, 11) is 0. The van der Waals surface area contributed by atoms with E-state index in [1.807, 2.05) is 13.3 Å². The zero-order valence-electron chi connectivity index (χ0n) is 5.70. The summed E-state index contributed by atoms with van der Waals surface area (Å²) < 4.78 is 0. The molecule has 10 heavy (non-hydrogen) atoms. The molecule has 1 radical (unpaired) electrons. The molecule has 0 aliphatic rings. The maximum absolute atomic E-state index is 8.96. The smallest absolute Gasteiger partial charge is 0.157 e. The maximum atomic E-state index is 8.96. The molecule has 2 N–H and O–H groups in total. The van der Waals surface area contributed by atoms with Crippen molar-refractivity contribution in [3.63, 3.8) is 0 Å². The van der Waals surface area contributed by atoms with Crippen molar-refractivity contribution >= 4 is 0 Å². The number of rotatable bonds is 1. The van der Waals surface area contributed by atoms with Gasteiger partial charge < -0.3 is 10.2 Å². The second kappa shape index (κ2) is 2.60. The zero-order valence-corrected chi connectivity index (χ0v) is 5.70. The molecule has 0 spiro atoms. The first-order valence-electron chi connectivity index (χ1n) is 3.05. The van der Waals surface area contributed by atoms with Gasteiger partial charge in [-0.2, -0.15) is 0 Å². The van der Waals surface area contributed by atoms with Gasteiger partial charge in [0.25, 0.3) is 0 Å². The molecule has 1 aromatic rings. The molecule has 2 nitrogen and oxygen atoms in total. The van der Waals surface area contributed by atoms with Gasteiger partial charge in [-0.3, -0.25) is 0 Å². The molecule has 0 saturated heterocycles. The van der Waals surface area contributed by atoms with Crippen LogP contribution in [0.4, 0.5) is 0 Å². The minimum atomic E-state index is -0.0781. The Balaban J connectivity index is 3.04. The van der Waals surface area contributed by atoms with Gasteiger partial charge in [0, 0.05) is 0 Å². The topological polar surface area (TPSA) is 40.5 Å². The molecule has 0 saturated carbocycles. The van der Waals surface area contributed by atoms with Gasteiger partial charge in [-0.15, -0.1) is 0 Å². The number of phenolic OH excluding ortho intramolecular Hbond substituents is 2. The molecule has 0 atom stereocenters. The van der Waals surface area contributed by atoms with Crippen LogP contribution in [0.5, 0.6) is 11.5 Å². The standard InChI is InChI=1S/C8H9O2/c1-2-6-3-4-7(9)8(10)5-6/h2-5,9-10H,1H3. The van der Waals surface area contributed by atoms with E-state index in [0.717, 1.165) is 5.56 Å². The molecule has 1 aromatic carbocycles. The lowest BCUT2D eigenvalue weighted by Gasteiger charge is -1.98. The van der Waals surface area contributed by atoms with Gasteiger partial charge in [0.2, 0.25) is 0 Å². The first kappa shape index (κ1) is 6.93. The fourth-order valence-corrected chi connectivity index (χ4v) is 0.720. The van der Waals surface area contributed by atoms with E-state index in [1.54, 1.807) is 6.07 Å². The van der Waals surface area contributed by atoms with E-state index in [0.29, 0.717) is 0 Å². The van der Waals surface area contributed by atoms with Crippen LogP contribution in [-0.4, -0.2) is 10.2 Å². The van der Waals surface area contributed by atoms with Crippen LogP contribution in [0.15, 0.2) is 18.2 Å². The summed E-state index contributed by atoms with van der Waals surface area (Å²) in [5.41, 5.74) is 0.898. The minimum Gasteiger partial charge on any atom is -0.504 e. The van der Waals surface area contributed by atoms with E-state index in [4.69, 9.17) is 10.2 Å². The average molecular weight is 137 g/mol. The lowest BCUT2D eigenvalue weighted by molar-refractivity contribution is 0.403. The summed E-state index contributed by atoms with van der Waals surface area (Å²) in [6, 6.07) is 4.70. The van der Waals surface area contributed by atoms with E-state index >= 15 is 0 Å². The summed E-state index contributed by atoms with van der Waals surface area (Å²) in [6.45, 7) is 1.87. The fourth-order valence-electron chi connectivity index (χ4n) is 0.720. The minimum absolute atomic E-state index is 0.0735. The number of hydrogen-bond acceptors (Lipinski definition) is 2. The molecule has 0 amide bonds. The highest BCUT2D eigenvalue weighted by atomic mass is 16.3. The average Bonchev–Trinajstić information content (AvgIpc) is 1.95. The molecule has 0 aromatic heterocycles. The van der Waals surface area contributed by atoms with Gasteiger partial charge in [-0.05, 0) is 24.1 Å². The van der Waals surface area contributed by atoms with Gasteiger partial charge in [0.1, 0.15) is 0 Å². The summed E-state index contributed by atoms with van der Waals surface area (Å²) in [4.78, 5) is 0. The van der Waals surface area contributed by atoms with Gasteiger partial charge in [0.15, 0.2) is 11.5 Å². The molecular formula is C8H9O2. The van der Waals surface area contributed by atoms with Crippen LogP contribution in [0.3, 0.4) is 0 Å². The van der Waals surface area contributed by atoms with Crippen LogP contribution in [0.25, 0.3) is 0 Å². The highest BCUT2D eigenvalue weighted by Crippen LogP contribution is 2.25. The summed E-state index contributed by atoms with van der Waals surface area (Å²) in [5.74, 6) is -0.152. The number of hydrogen-bond donors (Lipinski definition) is 2. The van der Waals surface area contributed by atoms with Crippen LogP contribution in [-0.2, 0) is 0 Å². The molecular weight excluding hydrogens is 128 g/mol. The third-order valence-corrected chi connectivity index (χ3v) is 1.33. The van der Waals surface area contributed by atoms with Crippen LogP contribution in [0, 0.1) is 6.42 Å². The predicted octanol–water partition coefficient (Wildman–Crippen LogP) is 1.67. The Hall–Kier alpha value is -1.18. The van der Waals surface area contributed by atoms with E-state index in [1.165, 1.54) is 12.1 Å². The van der Waals surface area contributed by atoms with Crippen molar-refractivity contribution in [1.82, 2.24) is 0 Å². The zero-order chi connectivity index (χ0) is 7.56. The Bertz CT molecular complexity index is 231. The van der Waals surface area contributed by atoms with Crippen molar-refractivity contribution < 1.29 is 10.2 Å². The number of benzene rings is 1. The van der Waals surface area contributed by atoms with Gasteiger partial charge in [0.05, 0.1) is 0 Å². The van der Waals surface area contributed by atoms with Crippen molar-refractivity contribution in [1.29, 1.82) is 0 Å². The third-order valence-electron chi connectivity index (χ3n) is 1.33. The van der Waals surface area contributed by atoms with Gasteiger partial charge in [-0.1, -0.05) is 13.0 Å². The van der Waals surface area contributed by atoms with Gasteiger partial charge in [-0.25, -0.2) is 0 Å². The maximum Gasteiger partial charge on any atom is 0.157 e. The second-order valence-electron chi connectivity index (χ2n) is 2.04. The van der Waals surface area contributed by atoms with Crippen LogP contribution >= 0.6 is 0 Å². The predicted molar refractivity (Wildman–Crippen MR) is 38.8 cm³/mol. The largest absolute Gasteiger partial charge is 0.504 e. The van der Waals surface area contributed by atoms with Crippen molar-refractivity contribution in [3.05, 3.63) is 30.2 Å².